The summed E-state index contributed by atoms with van der Waals surface area (Å²) in [7, 11) is 1.68. The summed E-state index contributed by atoms with van der Waals surface area (Å²) in [6.45, 7) is 6.43. The van der Waals surface area contributed by atoms with E-state index in [-0.39, 0.29) is 29.5 Å². The number of rotatable bonds is 4. The predicted octanol–water partition coefficient (Wildman–Crippen LogP) is 1.76. The molecular weight excluding hydrogens is 352 g/mol. The number of hydrogen-bond donors (Lipinski definition) is 0. The van der Waals surface area contributed by atoms with Gasteiger partial charge in [-0.3, -0.25) is 14.2 Å². The largest absolute Gasteiger partial charge is 0.345 e. The van der Waals surface area contributed by atoms with Crippen molar-refractivity contribution in [1.29, 1.82) is 5.26 Å². The van der Waals surface area contributed by atoms with Crippen molar-refractivity contribution >= 4 is 28.7 Å². The van der Waals surface area contributed by atoms with E-state index in [0.717, 1.165) is 0 Å². The number of amides is 1. The van der Waals surface area contributed by atoms with Gasteiger partial charge in [0.1, 0.15) is 5.39 Å². The molecule has 0 saturated heterocycles. The summed E-state index contributed by atoms with van der Waals surface area (Å²) in [5.74, 6) is 0.561. The summed E-state index contributed by atoms with van der Waals surface area (Å²) in [5.41, 5.74) is 0.157. The molecule has 0 bridgehead atoms. The van der Waals surface area contributed by atoms with E-state index in [0.29, 0.717) is 34.9 Å². The smallest absolute Gasteiger partial charge is 0.265 e. The lowest BCUT2D eigenvalue weighted by Crippen LogP contribution is -2.32. The highest BCUT2D eigenvalue weighted by atomic mass is 32.2. The minimum absolute atomic E-state index is 0.0731. The molecular formula is C17H22N6O2S. The molecule has 2 aromatic rings. The lowest BCUT2D eigenvalue weighted by atomic mass is 10.1. The first kappa shape index (κ1) is 18.5. The van der Waals surface area contributed by atoms with E-state index < -0.39 is 0 Å². The monoisotopic (exact) mass is 374 g/mol. The van der Waals surface area contributed by atoms with Gasteiger partial charge in [-0.05, 0) is 20.8 Å². The van der Waals surface area contributed by atoms with Crippen LogP contribution in [0.1, 0.15) is 39.7 Å². The van der Waals surface area contributed by atoms with Gasteiger partial charge >= 0.3 is 0 Å². The number of hydrogen-bond acceptors (Lipinski definition) is 6. The van der Waals surface area contributed by atoms with Gasteiger partial charge in [0.15, 0.2) is 10.8 Å². The number of carbonyl (C=O) groups is 1. The van der Waals surface area contributed by atoms with Crippen LogP contribution in [0, 0.1) is 11.3 Å². The number of fused-ring (bicyclic) bond motifs is 2. The lowest BCUT2D eigenvalue weighted by molar-refractivity contribution is -0.130. The van der Waals surface area contributed by atoms with E-state index >= 15 is 0 Å². The predicted molar refractivity (Wildman–Crippen MR) is 99.0 cm³/mol. The van der Waals surface area contributed by atoms with Crippen LogP contribution in [0.15, 0.2) is 16.1 Å². The van der Waals surface area contributed by atoms with Crippen molar-refractivity contribution < 1.29 is 4.79 Å². The Morgan fingerprint density at radius 2 is 2.23 bits per heavy atom. The van der Waals surface area contributed by atoms with Crippen LogP contribution in [0.3, 0.4) is 0 Å². The number of aromatic nitrogens is 4. The second kappa shape index (κ2) is 6.76. The zero-order valence-corrected chi connectivity index (χ0v) is 16.2. The van der Waals surface area contributed by atoms with Crippen LogP contribution in [-0.4, -0.2) is 49.5 Å². The number of thioether (sulfide) groups is 1. The van der Waals surface area contributed by atoms with Crippen LogP contribution in [0.5, 0.6) is 0 Å². The van der Waals surface area contributed by atoms with E-state index in [1.807, 2.05) is 26.8 Å². The minimum Gasteiger partial charge on any atom is -0.345 e. The SMILES string of the molecule is CN(CCC#N)C(=O)CC1CSc2nc3c(cnn3C(C)(C)C)c(=O)n21. The van der Waals surface area contributed by atoms with Gasteiger partial charge in [-0.2, -0.15) is 10.4 Å². The van der Waals surface area contributed by atoms with Gasteiger partial charge in [0.2, 0.25) is 5.91 Å². The highest BCUT2D eigenvalue weighted by Gasteiger charge is 2.31. The second-order valence-electron chi connectivity index (χ2n) is 7.43. The molecule has 2 aromatic heterocycles. The molecule has 0 radical (unpaired) electrons. The molecule has 8 nitrogen and oxygen atoms in total. The van der Waals surface area contributed by atoms with E-state index in [9.17, 15) is 9.59 Å². The van der Waals surface area contributed by atoms with E-state index in [2.05, 4.69) is 10.1 Å². The Bertz CT molecular complexity index is 949. The van der Waals surface area contributed by atoms with Gasteiger partial charge in [0.25, 0.3) is 5.56 Å². The summed E-state index contributed by atoms with van der Waals surface area (Å²) in [6.07, 6.45) is 2.08. The fourth-order valence-electron chi connectivity index (χ4n) is 2.97. The Hall–Kier alpha value is -2.34. The topological polar surface area (TPSA) is 96.8 Å². The molecule has 9 heteroatoms. The summed E-state index contributed by atoms with van der Waals surface area (Å²) in [5, 5.41) is 14.1. The third-order valence-corrected chi connectivity index (χ3v) is 5.50. The van der Waals surface area contributed by atoms with Gasteiger partial charge in [0, 0.05) is 25.8 Å². The molecule has 1 aliphatic heterocycles. The fourth-order valence-corrected chi connectivity index (χ4v) is 4.10. The van der Waals surface area contributed by atoms with Crippen LogP contribution in [0.4, 0.5) is 0 Å². The van der Waals surface area contributed by atoms with Gasteiger partial charge in [-0.15, -0.1) is 0 Å². The van der Waals surface area contributed by atoms with E-state index in [1.54, 1.807) is 27.4 Å². The summed E-state index contributed by atoms with van der Waals surface area (Å²) in [4.78, 5) is 31.6. The van der Waals surface area contributed by atoms with Crippen LogP contribution in [-0.2, 0) is 10.3 Å². The van der Waals surface area contributed by atoms with Crippen molar-refractivity contribution in [2.45, 2.75) is 50.4 Å². The molecule has 1 amide bonds. The molecule has 0 fully saturated rings. The lowest BCUT2D eigenvalue weighted by Gasteiger charge is -2.20. The van der Waals surface area contributed by atoms with Gasteiger partial charge < -0.3 is 4.90 Å². The molecule has 0 aromatic carbocycles. The molecule has 1 atom stereocenters. The van der Waals surface area contributed by atoms with E-state index in [4.69, 9.17) is 5.26 Å². The average molecular weight is 374 g/mol. The van der Waals surface area contributed by atoms with Crippen molar-refractivity contribution in [3.63, 3.8) is 0 Å². The molecule has 26 heavy (non-hydrogen) atoms. The Morgan fingerprint density at radius 1 is 1.50 bits per heavy atom. The summed E-state index contributed by atoms with van der Waals surface area (Å²) >= 11 is 1.49. The van der Waals surface area contributed by atoms with Crippen molar-refractivity contribution in [2.75, 3.05) is 19.3 Å². The van der Waals surface area contributed by atoms with Crippen LogP contribution >= 0.6 is 11.8 Å². The Kier molecular flexibility index (Phi) is 4.80. The summed E-state index contributed by atoms with van der Waals surface area (Å²) in [6, 6.07) is 1.81. The second-order valence-corrected chi connectivity index (χ2v) is 8.41. The highest BCUT2D eigenvalue weighted by molar-refractivity contribution is 7.99. The maximum Gasteiger partial charge on any atom is 0.265 e. The first-order valence-electron chi connectivity index (χ1n) is 8.48. The molecule has 0 spiro atoms. The quantitative estimate of drug-likeness (QED) is 0.757. The van der Waals surface area contributed by atoms with Crippen molar-refractivity contribution in [1.82, 2.24) is 24.2 Å². The zero-order valence-electron chi connectivity index (χ0n) is 15.4. The first-order chi connectivity index (χ1) is 12.2. The average Bonchev–Trinajstić information content (AvgIpc) is 3.17. The number of carbonyl (C=O) groups excluding carboxylic acids is 1. The standard InChI is InChI=1S/C17H22N6O2S/c1-17(2,3)23-14-12(9-19-23)15(25)22-11(10-26-16(22)20-14)8-13(24)21(4)7-5-6-18/h9,11H,5,7-8,10H2,1-4H3. The maximum absolute atomic E-state index is 13.0. The van der Waals surface area contributed by atoms with Crippen LogP contribution in [0.25, 0.3) is 11.0 Å². The van der Waals surface area contributed by atoms with Gasteiger partial charge in [-0.1, -0.05) is 11.8 Å². The van der Waals surface area contributed by atoms with Crippen LogP contribution < -0.4 is 5.56 Å². The highest BCUT2D eigenvalue weighted by Crippen LogP contribution is 2.34. The van der Waals surface area contributed by atoms with Gasteiger partial charge in [-0.25, -0.2) is 9.67 Å². The van der Waals surface area contributed by atoms with Crippen molar-refractivity contribution in [2.24, 2.45) is 0 Å². The zero-order chi connectivity index (χ0) is 19.1. The molecule has 0 aliphatic carbocycles. The molecule has 0 saturated carbocycles. The third-order valence-electron chi connectivity index (χ3n) is 4.40. The maximum atomic E-state index is 13.0. The molecule has 0 N–H and O–H groups in total. The van der Waals surface area contributed by atoms with Crippen LogP contribution in [0.2, 0.25) is 0 Å². The molecule has 3 heterocycles. The molecule has 138 valence electrons. The molecule has 1 aliphatic rings. The number of nitrogens with zero attached hydrogens (tertiary/aromatic N) is 6. The third kappa shape index (κ3) is 3.21. The minimum atomic E-state index is -0.276. The first-order valence-corrected chi connectivity index (χ1v) is 9.47. The summed E-state index contributed by atoms with van der Waals surface area (Å²) < 4.78 is 3.39. The Balaban J connectivity index is 1.93. The number of nitriles is 1. The molecule has 3 rings (SSSR count). The molecule has 1 unspecified atom stereocenters. The Labute approximate surface area is 155 Å². The fraction of sp³-hybridized carbons (Fsp3) is 0.588. The van der Waals surface area contributed by atoms with E-state index in [1.165, 1.54) is 11.8 Å². The van der Waals surface area contributed by atoms with Gasteiger partial charge in [0.05, 0.1) is 30.3 Å². The normalized spacial score (nSPS) is 16.5. The Morgan fingerprint density at radius 3 is 2.88 bits per heavy atom. The van der Waals surface area contributed by atoms with Crippen molar-refractivity contribution in [3.05, 3.63) is 16.6 Å². The van der Waals surface area contributed by atoms with Crippen molar-refractivity contribution in [3.8, 4) is 6.07 Å².